The van der Waals surface area contributed by atoms with Crippen molar-refractivity contribution in [3.8, 4) is 0 Å². The smallest absolute Gasteiger partial charge is 0.419 e. The molecular weight excluding hydrogens is 239 g/mol. The monoisotopic (exact) mass is 248 g/mol. The fraction of sp³-hybridized carbons (Fsp3) is 0.222. The summed E-state index contributed by atoms with van der Waals surface area (Å²) in [6, 6.07) is 4.82. The first-order valence-electron chi connectivity index (χ1n) is 4.20. The van der Waals surface area contributed by atoms with Crippen LogP contribution in [0.2, 0.25) is 10.0 Å². The van der Waals surface area contributed by atoms with Gasteiger partial charge in [-0.15, -0.1) is 0 Å². The summed E-state index contributed by atoms with van der Waals surface area (Å²) in [5, 5.41) is 9.43. The zero-order valence-electron chi connectivity index (χ0n) is 7.92. The maximum Gasteiger partial charge on any atom is 0.419 e. The summed E-state index contributed by atoms with van der Waals surface area (Å²) in [7, 11) is 0. The van der Waals surface area contributed by atoms with E-state index in [1.54, 1.807) is 25.1 Å². The van der Waals surface area contributed by atoms with Crippen molar-refractivity contribution >= 4 is 29.3 Å². The van der Waals surface area contributed by atoms with Crippen molar-refractivity contribution in [1.82, 2.24) is 10.9 Å². The Morgan fingerprint density at radius 3 is 2.67 bits per heavy atom. The highest BCUT2D eigenvalue weighted by Gasteiger charge is 2.10. The molecule has 0 heterocycles. The highest BCUT2D eigenvalue weighted by atomic mass is 35.5. The van der Waals surface area contributed by atoms with Crippen LogP contribution in [-0.4, -0.2) is 11.2 Å². The van der Waals surface area contributed by atoms with Gasteiger partial charge in [0.2, 0.25) is 0 Å². The van der Waals surface area contributed by atoms with Crippen molar-refractivity contribution in [2.45, 2.75) is 13.0 Å². The van der Waals surface area contributed by atoms with E-state index in [9.17, 15) is 4.79 Å². The van der Waals surface area contributed by atoms with E-state index in [1.807, 2.05) is 0 Å². The largest absolute Gasteiger partial charge is 0.464 e. The van der Waals surface area contributed by atoms with E-state index >= 15 is 0 Å². The molecular formula is C9H10Cl2N2O2. The van der Waals surface area contributed by atoms with Crippen molar-refractivity contribution in [1.29, 1.82) is 0 Å². The summed E-state index contributed by atoms with van der Waals surface area (Å²) >= 11 is 11.7. The molecule has 0 saturated heterocycles. The molecule has 3 N–H and O–H groups in total. The molecule has 15 heavy (non-hydrogen) atoms. The molecule has 82 valence electrons. The van der Waals surface area contributed by atoms with E-state index in [-0.39, 0.29) is 6.04 Å². The number of carbonyl (C=O) groups is 1. The molecule has 0 aromatic heterocycles. The lowest BCUT2D eigenvalue weighted by Crippen LogP contribution is -2.38. The third-order valence-corrected chi connectivity index (χ3v) is 2.39. The van der Waals surface area contributed by atoms with Crippen LogP contribution in [0.5, 0.6) is 0 Å². The molecule has 0 aliphatic rings. The van der Waals surface area contributed by atoms with Crippen molar-refractivity contribution < 1.29 is 9.90 Å². The van der Waals surface area contributed by atoms with Crippen LogP contribution in [-0.2, 0) is 0 Å². The van der Waals surface area contributed by atoms with Gasteiger partial charge in [0.1, 0.15) is 0 Å². The van der Waals surface area contributed by atoms with Crippen molar-refractivity contribution in [3.63, 3.8) is 0 Å². The van der Waals surface area contributed by atoms with Gasteiger partial charge < -0.3 is 5.11 Å². The maximum atomic E-state index is 10.2. The quantitative estimate of drug-likeness (QED) is 0.722. The molecule has 0 aliphatic carbocycles. The van der Waals surface area contributed by atoms with Gasteiger partial charge in [0.05, 0.1) is 0 Å². The van der Waals surface area contributed by atoms with Crippen LogP contribution in [0.1, 0.15) is 18.5 Å². The fourth-order valence-corrected chi connectivity index (χ4v) is 1.67. The van der Waals surface area contributed by atoms with Crippen LogP contribution in [0.25, 0.3) is 0 Å². The Labute approximate surface area is 97.2 Å². The van der Waals surface area contributed by atoms with E-state index in [2.05, 4.69) is 10.9 Å². The molecule has 6 heteroatoms. The molecule has 1 aromatic rings. The summed E-state index contributed by atoms with van der Waals surface area (Å²) in [5.41, 5.74) is 5.42. The van der Waals surface area contributed by atoms with Crippen LogP contribution < -0.4 is 10.9 Å². The number of amides is 1. The van der Waals surface area contributed by atoms with Gasteiger partial charge in [0.25, 0.3) is 0 Å². The number of hydrogen-bond donors (Lipinski definition) is 3. The van der Waals surface area contributed by atoms with E-state index in [0.717, 1.165) is 5.56 Å². The number of nitrogens with one attached hydrogen (secondary N) is 2. The molecule has 0 saturated carbocycles. The first-order chi connectivity index (χ1) is 7.00. The Morgan fingerprint density at radius 1 is 1.47 bits per heavy atom. The number of rotatable bonds is 3. The second kappa shape index (κ2) is 5.21. The second-order valence-electron chi connectivity index (χ2n) is 2.96. The van der Waals surface area contributed by atoms with Crippen LogP contribution in [0.4, 0.5) is 4.79 Å². The lowest BCUT2D eigenvalue weighted by molar-refractivity contribution is 0.187. The number of hydrazine groups is 1. The van der Waals surface area contributed by atoms with E-state index in [1.165, 1.54) is 0 Å². The van der Waals surface area contributed by atoms with E-state index in [4.69, 9.17) is 28.3 Å². The van der Waals surface area contributed by atoms with Gasteiger partial charge in [-0.1, -0.05) is 29.3 Å². The summed E-state index contributed by atoms with van der Waals surface area (Å²) in [6.07, 6.45) is -1.15. The minimum atomic E-state index is -1.15. The molecule has 4 nitrogen and oxygen atoms in total. The predicted octanol–water partition coefficient (Wildman–Crippen LogP) is 2.83. The fourth-order valence-electron chi connectivity index (χ4n) is 1.10. The van der Waals surface area contributed by atoms with E-state index in [0.29, 0.717) is 10.0 Å². The van der Waals surface area contributed by atoms with E-state index < -0.39 is 6.09 Å². The molecule has 0 fully saturated rings. The normalized spacial score (nSPS) is 12.2. The van der Waals surface area contributed by atoms with Gasteiger partial charge in [-0.3, -0.25) is 5.43 Å². The van der Waals surface area contributed by atoms with Crippen LogP contribution in [0, 0.1) is 0 Å². The topological polar surface area (TPSA) is 61.4 Å². The number of hydrogen-bond acceptors (Lipinski definition) is 2. The van der Waals surface area contributed by atoms with Crippen molar-refractivity contribution in [2.24, 2.45) is 0 Å². The van der Waals surface area contributed by atoms with Gasteiger partial charge in [-0.2, -0.15) is 0 Å². The summed E-state index contributed by atoms with van der Waals surface area (Å²) in [5.74, 6) is 0. The second-order valence-corrected chi connectivity index (χ2v) is 3.81. The molecule has 1 aromatic carbocycles. The Hall–Kier alpha value is -0.970. The zero-order valence-corrected chi connectivity index (χ0v) is 9.43. The standard InChI is InChI=1S/C9H10Cl2N2O2/c1-5(12-13-9(14)15)7-3-2-6(10)4-8(7)11/h2-5,12-13H,1H3,(H,14,15)/t5-/m0/s1. The lowest BCUT2D eigenvalue weighted by Gasteiger charge is -2.15. The predicted molar refractivity (Wildman–Crippen MR) is 59.2 cm³/mol. The van der Waals surface area contributed by atoms with Crippen molar-refractivity contribution in [3.05, 3.63) is 33.8 Å². The minimum absolute atomic E-state index is 0.231. The molecule has 0 unspecified atom stereocenters. The van der Waals surface area contributed by atoms with Crippen LogP contribution in [0.3, 0.4) is 0 Å². The summed E-state index contributed by atoms with van der Waals surface area (Å²) < 4.78 is 0. The zero-order chi connectivity index (χ0) is 11.4. The number of halogens is 2. The number of benzene rings is 1. The highest BCUT2D eigenvalue weighted by molar-refractivity contribution is 6.35. The number of carboxylic acid groups (broad SMARTS) is 1. The Kier molecular flexibility index (Phi) is 4.20. The van der Waals surface area contributed by atoms with Gasteiger partial charge >= 0.3 is 6.09 Å². The molecule has 1 atom stereocenters. The van der Waals surface area contributed by atoms with Gasteiger partial charge in [0, 0.05) is 16.1 Å². The Morgan fingerprint density at radius 2 is 2.13 bits per heavy atom. The summed E-state index contributed by atoms with van der Waals surface area (Å²) in [6.45, 7) is 1.78. The third kappa shape index (κ3) is 3.58. The van der Waals surface area contributed by atoms with Crippen molar-refractivity contribution in [2.75, 3.05) is 0 Å². The minimum Gasteiger partial charge on any atom is -0.464 e. The molecule has 0 radical (unpaired) electrons. The average molecular weight is 249 g/mol. The highest BCUT2D eigenvalue weighted by Crippen LogP contribution is 2.25. The van der Waals surface area contributed by atoms with Gasteiger partial charge in [-0.25, -0.2) is 10.2 Å². The average Bonchev–Trinajstić information content (AvgIpc) is 2.14. The third-order valence-electron chi connectivity index (χ3n) is 1.82. The molecule has 0 bridgehead atoms. The molecule has 0 spiro atoms. The first-order valence-corrected chi connectivity index (χ1v) is 4.95. The van der Waals surface area contributed by atoms with Gasteiger partial charge in [0.15, 0.2) is 0 Å². The molecule has 0 aliphatic heterocycles. The Bertz CT molecular complexity index is 371. The van der Waals surface area contributed by atoms with Crippen LogP contribution >= 0.6 is 23.2 Å². The van der Waals surface area contributed by atoms with Gasteiger partial charge in [-0.05, 0) is 24.6 Å². The Balaban J connectivity index is 2.73. The summed E-state index contributed by atoms with van der Waals surface area (Å²) in [4.78, 5) is 10.2. The lowest BCUT2D eigenvalue weighted by atomic mass is 10.1. The maximum absolute atomic E-state index is 10.2. The molecule has 1 rings (SSSR count). The molecule has 1 amide bonds. The first kappa shape index (κ1) is 12.1. The van der Waals surface area contributed by atoms with Crippen LogP contribution in [0.15, 0.2) is 18.2 Å². The SMILES string of the molecule is C[C@H](NNC(=O)O)c1ccc(Cl)cc1Cl.